The van der Waals surface area contributed by atoms with Crippen molar-refractivity contribution in [1.29, 1.82) is 5.41 Å². The van der Waals surface area contributed by atoms with Gasteiger partial charge in [0.15, 0.2) is 0 Å². The predicted octanol–water partition coefficient (Wildman–Crippen LogP) is 6.59. The number of carbonyl (C=O) groups is 3. The van der Waals surface area contributed by atoms with E-state index in [2.05, 4.69) is 10.6 Å². The van der Waals surface area contributed by atoms with E-state index >= 15 is 0 Å². The number of benzene rings is 3. The highest BCUT2D eigenvalue weighted by Crippen LogP contribution is 2.59. The van der Waals surface area contributed by atoms with Crippen molar-refractivity contribution in [1.82, 2.24) is 10.2 Å². The molecule has 14 heteroatoms. The number of fused-ring (bicyclic) bond motifs is 2. The first-order chi connectivity index (χ1) is 23.4. The summed E-state index contributed by atoms with van der Waals surface area (Å²) < 4.78 is 40.5. The molecule has 0 spiro atoms. The van der Waals surface area contributed by atoms with Crippen LogP contribution < -0.4 is 10.6 Å². The van der Waals surface area contributed by atoms with Crippen LogP contribution in [-0.2, 0) is 19.8 Å². The molecule has 5 N–H and O–H groups in total. The molecule has 2 unspecified atom stereocenters. The molecule has 2 aliphatic rings. The first-order valence-corrected chi connectivity index (χ1v) is 18.3. The second-order valence-electron chi connectivity index (χ2n) is 12.5. The van der Waals surface area contributed by atoms with E-state index in [0.717, 1.165) is 47.4 Å². The van der Waals surface area contributed by atoms with Crippen LogP contribution >= 0.6 is 18.9 Å². The van der Waals surface area contributed by atoms with E-state index in [9.17, 15) is 27.7 Å². The van der Waals surface area contributed by atoms with E-state index in [4.69, 9.17) is 15.2 Å². The molecule has 1 aromatic heterocycles. The van der Waals surface area contributed by atoms with Gasteiger partial charge in [-0.3, -0.25) is 18.9 Å². The lowest BCUT2D eigenvalue weighted by molar-refractivity contribution is -0.141. The molecule has 10 nitrogen and oxygen atoms in total. The number of carbonyl (C=O) groups excluding carboxylic acids is 3. The highest BCUT2D eigenvalue weighted by Gasteiger charge is 2.50. The Morgan fingerprint density at radius 1 is 1.02 bits per heavy atom. The summed E-state index contributed by atoms with van der Waals surface area (Å²) in [6, 6.07) is 19.8. The van der Waals surface area contributed by atoms with Crippen molar-refractivity contribution in [2.75, 3.05) is 11.9 Å². The van der Waals surface area contributed by atoms with Gasteiger partial charge >= 0.3 is 13.3 Å². The molecule has 49 heavy (non-hydrogen) atoms. The van der Waals surface area contributed by atoms with Crippen LogP contribution in [0.5, 0.6) is 0 Å². The van der Waals surface area contributed by atoms with Crippen molar-refractivity contribution in [3.63, 3.8) is 0 Å². The Balaban J connectivity index is 1.20. The number of hydrogen-bond acceptors (Lipinski definition) is 6. The van der Waals surface area contributed by atoms with Crippen molar-refractivity contribution in [2.45, 2.75) is 49.9 Å². The molecule has 1 saturated heterocycles. The van der Waals surface area contributed by atoms with E-state index in [1.54, 1.807) is 12.1 Å². The molecule has 256 valence electrons. The first kappa shape index (κ1) is 34.6. The minimum absolute atomic E-state index is 0.137. The molecule has 6 rings (SSSR count). The number of amides is 3. The summed E-state index contributed by atoms with van der Waals surface area (Å²) >= 11 is 1.00. The molecule has 0 bridgehead atoms. The minimum atomic E-state index is -5.78. The van der Waals surface area contributed by atoms with Crippen molar-refractivity contribution >= 4 is 58.6 Å². The van der Waals surface area contributed by atoms with Gasteiger partial charge in [0, 0.05) is 22.5 Å². The van der Waals surface area contributed by atoms with Gasteiger partial charge in [0.1, 0.15) is 12.1 Å². The third kappa shape index (κ3) is 7.50. The number of nitrogens with one attached hydrogen (secondary N) is 3. The quantitative estimate of drug-likeness (QED) is 0.0874. The highest BCUT2D eigenvalue weighted by atomic mass is 32.1. The lowest BCUT2D eigenvalue weighted by atomic mass is 9.99. The number of nitrogens with zero attached hydrogens (tertiary/aromatic N) is 1. The number of alkyl halides is 2. The van der Waals surface area contributed by atoms with Crippen LogP contribution in [0.4, 0.5) is 14.5 Å². The van der Waals surface area contributed by atoms with Crippen LogP contribution in [0.1, 0.15) is 47.3 Å². The zero-order chi connectivity index (χ0) is 34.9. The van der Waals surface area contributed by atoms with Crippen LogP contribution in [0.25, 0.3) is 21.2 Å². The van der Waals surface area contributed by atoms with Crippen molar-refractivity contribution in [3.8, 4) is 11.1 Å². The van der Waals surface area contributed by atoms with Crippen LogP contribution in [0.15, 0.2) is 78.9 Å². The Morgan fingerprint density at radius 3 is 2.43 bits per heavy atom. The van der Waals surface area contributed by atoms with Gasteiger partial charge in [-0.25, -0.2) is 0 Å². The van der Waals surface area contributed by atoms with Gasteiger partial charge in [0.2, 0.25) is 11.8 Å². The fourth-order valence-electron chi connectivity index (χ4n) is 6.41. The van der Waals surface area contributed by atoms with E-state index in [0.29, 0.717) is 29.3 Å². The smallest absolute Gasteiger partial charge is 0.340 e. The molecule has 2 fully saturated rings. The molecular weight excluding hydrogens is 673 g/mol. The third-order valence-electron chi connectivity index (χ3n) is 9.21. The van der Waals surface area contributed by atoms with Crippen LogP contribution in [0, 0.1) is 17.2 Å². The molecule has 1 saturated carbocycles. The van der Waals surface area contributed by atoms with Crippen molar-refractivity contribution < 1.29 is 37.5 Å². The molecule has 1 aliphatic heterocycles. The Hall–Kier alpha value is -4.29. The maximum Gasteiger partial charge on any atom is 0.399 e. The summed E-state index contributed by atoms with van der Waals surface area (Å²) in [6.07, 6.45) is 3.68. The summed E-state index contributed by atoms with van der Waals surface area (Å²) in [4.78, 5) is 61.3. The van der Waals surface area contributed by atoms with Gasteiger partial charge in [-0.15, -0.1) is 11.3 Å². The fourth-order valence-corrected chi connectivity index (χ4v) is 7.83. The minimum Gasteiger partial charge on any atom is -0.340 e. The van der Waals surface area contributed by atoms with Crippen LogP contribution in [0.2, 0.25) is 0 Å². The number of anilines is 1. The maximum atomic E-state index is 14.3. The van der Waals surface area contributed by atoms with E-state index in [-0.39, 0.29) is 29.0 Å². The monoisotopic (exact) mass is 708 g/mol. The van der Waals surface area contributed by atoms with Gasteiger partial charge < -0.3 is 30.7 Å². The van der Waals surface area contributed by atoms with E-state index < -0.39 is 48.6 Å². The lowest BCUT2D eigenvalue weighted by Crippen LogP contribution is -2.56. The summed E-state index contributed by atoms with van der Waals surface area (Å²) in [6.45, 7) is 0.314. The normalized spacial score (nSPS) is 20.1. The zero-order valence-corrected chi connectivity index (χ0v) is 27.9. The second kappa shape index (κ2) is 13.9. The van der Waals surface area contributed by atoms with Gasteiger partial charge in [0.05, 0.1) is 4.88 Å². The van der Waals surface area contributed by atoms with E-state index in [1.165, 1.54) is 23.2 Å². The van der Waals surface area contributed by atoms with Gasteiger partial charge in [-0.2, -0.15) is 8.78 Å². The Morgan fingerprint density at radius 2 is 1.73 bits per heavy atom. The van der Waals surface area contributed by atoms with Crippen LogP contribution in [0.3, 0.4) is 0 Å². The summed E-state index contributed by atoms with van der Waals surface area (Å²) in [5.74, 6) is -0.806. The topological polar surface area (TPSA) is 160 Å². The fraction of sp³-hybridized carbons (Fsp3) is 0.314. The molecule has 4 atom stereocenters. The molecule has 4 aromatic rings. The summed E-state index contributed by atoms with van der Waals surface area (Å²) in [5.41, 5.74) is -2.70. The second-order valence-corrected chi connectivity index (χ2v) is 15.2. The van der Waals surface area contributed by atoms with Gasteiger partial charge in [-0.05, 0) is 97.0 Å². The molecule has 2 heterocycles. The molecule has 3 amide bonds. The maximum absolute atomic E-state index is 14.3. The Bertz CT molecular complexity index is 1930. The van der Waals surface area contributed by atoms with E-state index in [1.807, 2.05) is 42.5 Å². The predicted molar refractivity (Wildman–Crippen MR) is 184 cm³/mol. The number of likely N-dealkylation sites (tertiary alicyclic amines) is 1. The highest BCUT2D eigenvalue weighted by molar-refractivity contribution is 7.52. The zero-order valence-electron chi connectivity index (χ0n) is 26.2. The Labute approximate surface area is 285 Å². The van der Waals surface area contributed by atoms with Crippen molar-refractivity contribution in [2.24, 2.45) is 11.8 Å². The number of hydrogen-bond donors (Lipinski definition) is 5. The summed E-state index contributed by atoms with van der Waals surface area (Å²) in [7, 11) is -5.78. The SMILES string of the molecule is N=CCC[C@@H](C(=O)Nc1ccc(-c2ccccc2)cc1)N1CC[C@H]2CC2CC(NC(=O)c2cc3cc(C(F)(F)P(=O)(O)O)ccc3s2)C1=O. The standard InChI is InChI=1S/C35H35F2N4O6PS/c36-35(37,48(45,46)47)26-10-13-30-25(18-26)20-31(49-30)33(43)40-28-19-24-17-23(24)14-16-41(34(28)44)29(7-4-15-38)32(42)39-27-11-8-22(9-12-27)21-5-2-1-3-6-21/h1-3,5-6,8-13,15,18,20,23-24,28-29,38H,4,7,14,16-17,19H2,(H,39,42)(H,40,43)(H2,45,46,47)/t23-,24?,28?,29-/m0/s1. The summed E-state index contributed by atoms with van der Waals surface area (Å²) in [5, 5.41) is 13.6. The number of rotatable bonds is 11. The molecular formula is C35H35F2N4O6PS. The van der Waals surface area contributed by atoms with Crippen LogP contribution in [-0.4, -0.2) is 57.3 Å². The third-order valence-corrected chi connectivity index (χ3v) is 11.3. The first-order valence-electron chi connectivity index (χ1n) is 15.9. The number of thiophene rings is 1. The Kier molecular flexibility index (Phi) is 9.81. The van der Waals surface area contributed by atoms with Gasteiger partial charge in [-0.1, -0.05) is 48.5 Å². The lowest BCUT2D eigenvalue weighted by Gasteiger charge is -2.35. The average molecular weight is 709 g/mol. The van der Waals surface area contributed by atoms with Gasteiger partial charge in [0.25, 0.3) is 5.91 Å². The largest absolute Gasteiger partial charge is 0.399 e. The number of halogens is 2. The molecule has 1 aliphatic carbocycles. The van der Waals surface area contributed by atoms with Crippen molar-refractivity contribution in [3.05, 3.63) is 89.3 Å². The molecule has 0 radical (unpaired) electrons. The molecule has 3 aromatic carbocycles. The average Bonchev–Trinajstić information content (AvgIpc) is 3.66.